The fraction of sp³-hybridized carbons (Fsp3) is 0.786. The van der Waals surface area contributed by atoms with Crippen molar-refractivity contribution in [1.29, 1.82) is 0 Å². The molecule has 0 bridgehead atoms. The maximum atomic E-state index is 13.3. The summed E-state index contributed by atoms with van der Waals surface area (Å²) < 4.78 is 34.2. The van der Waals surface area contributed by atoms with Crippen LogP contribution in [0.5, 0.6) is 0 Å². The number of hydrogen-bond donors (Lipinski definition) is 12. The Bertz CT molecular complexity index is 1940. The molecule has 0 aromatic carbocycles. The van der Waals surface area contributed by atoms with Crippen molar-refractivity contribution in [1.82, 2.24) is 5.32 Å². The quantitative estimate of drug-likeness (QED) is 0.0200. The molecule has 514 valence electrons. The molecule has 12 N–H and O–H groups in total. The van der Waals surface area contributed by atoms with Crippen molar-refractivity contribution in [3.63, 3.8) is 0 Å². The lowest BCUT2D eigenvalue weighted by Crippen LogP contribution is -2.66. The number of carbonyl (C=O) groups excluding carboxylic acids is 1. The summed E-state index contributed by atoms with van der Waals surface area (Å²) in [5, 5.41) is 120. The summed E-state index contributed by atoms with van der Waals surface area (Å²) in [6.07, 6.45) is 39.0. The molecule has 3 aliphatic rings. The minimum absolute atomic E-state index is 0.233. The van der Waals surface area contributed by atoms with Crippen molar-refractivity contribution in [2.24, 2.45) is 0 Å². The first-order valence-corrected chi connectivity index (χ1v) is 34.3. The van der Waals surface area contributed by atoms with Gasteiger partial charge in [-0.05, 0) is 77.0 Å². The van der Waals surface area contributed by atoms with Gasteiger partial charge >= 0.3 is 0 Å². The van der Waals surface area contributed by atoms with Gasteiger partial charge in [-0.3, -0.25) is 4.79 Å². The normalized spacial score (nSPS) is 28.8. The highest BCUT2D eigenvalue weighted by molar-refractivity contribution is 5.76. The molecule has 0 radical (unpaired) electrons. The number of nitrogens with one attached hydrogen (secondary N) is 1. The Morgan fingerprint density at radius 3 is 1.26 bits per heavy atom. The number of rotatable bonds is 51. The summed E-state index contributed by atoms with van der Waals surface area (Å²) in [5.41, 5.74) is 0. The van der Waals surface area contributed by atoms with Gasteiger partial charge in [-0.25, -0.2) is 0 Å². The van der Waals surface area contributed by atoms with Gasteiger partial charge < -0.3 is 89.9 Å². The van der Waals surface area contributed by atoms with Gasteiger partial charge in [0.25, 0.3) is 0 Å². The van der Waals surface area contributed by atoms with Crippen LogP contribution in [0, 0.1) is 0 Å². The third kappa shape index (κ3) is 33.6. The molecule has 89 heavy (non-hydrogen) atoms. The van der Waals surface area contributed by atoms with Crippen LogP contribution in [0.25, 0.3) is 0 Å². The summed E-state index contributed by atoms with van der Waals surface area (Å²) in [6.45, 7) is 1.52. The van der Waals surface area contributed by atoms with Crippen LogP contribution in [0.3, 0.4) is 0 Å². The minimum atomic E-state index is -1.98. The van der Waals surface area contributed by atoms with E-state index in [0.717, 1.165) is 77.0 Å². The van der Waals surface area contributed by atoms with Gasteiger partial charge in [0, 0.05) is 6.42 Å². The molecule has 19 nitrogen and oxygen atoms in total. The van der Waals surface area contributed by atoms with Crippen LogP contribution in [0.2, 0.25) is 0 Å². The van der Waals surface area contributed by atoms with E-state index in [-0.39, 0.29) is 18.9 Å². The fourth-order valence-corrected chi connectivity index (χ4v) is 11.1. The van der Waals surface area contributed by atoms with Gasteiger partial charge in [-0.1, -0.05) is 221 Å². The van der Waals surface area contributed by atoms with E-state index in [1.807, 2.05) is 6.08 Å². The van der Waals surface area contributed by atoms with Crippen LogP contribution in [-0.4, -0.2) is 193 Å². The molecule has 0 aromatic rings. The Balaban J connectivity index is 1.31. The molecule has 17 unspecified atom stereocenters. The second kappa shape index (κ2) is 51.4. The first-order chi connectivity index (χ1) is 43.3. The number of unbranched alkanes of at least 4 members (excludes halogenated alkanes) is 23. The largest absolute Gasteiger partial charge is 0.394 e. The van der Waals surface area contributed by atoms with Crippen molar-refractivity contribution in [3.05, 3.63) is 85.1 Å². The number of hydrogen-bond acceptors (Lipinski definition) is 18. The van der Waals surface area contributed by atoms with Crippen LogP contribution >= 0.6 is 0 Å². The van der Waals surface area contributed by atoms with E-state index < -0.39 is 124 Å². The highest BCUT2D eigenvalue weighted by Crippen LogP contribution is 2.33. The smallest absolute Gasteiger partial charge is 0.220 e. The van der Waals surface area contributed by atoms with Gasteiger partial charge in [0.15, 0.2) is 18.9 Å². The first kappa shape index (κ1) is 80.2. The predicted octanol–water partition coefficient (Wildman–Crippen LogP) is 8.71. The second-order valence-electron chi connectivity index (χ2n) is 24.2. The average Bonchev–Trinajstić information content (AvgIpc) is 1.40. The zero-order valence-electron chi connectivity index (χ0n) is 54.1. The molecule has 3 fully saturated rings. The zero-order valence-corrected chi connectivity index (χ0v) is 54.1. The Morgan fingerprint density at radius 2 is 0.787 bits per heavy atom. The summed E-state index contributed by atoms with van der Waals surface area (Å²) >= 11 is 0. The average molecular weight is 1260 g/mol. The molecule has 17 atom stereocenters. The third-order valence-electron chi connectivity index (χ3n) is 16.7. The first-order valence-electron chi connectivity index (χ1n) is 34.3. The molecule has 0 saturated carbocycles. The molecule has 3 rings (SSSR count). The lowest BCUT2D eigenvalue weighted by atomic mass is 9.96. The van der Waals surface area contributed by atoms with Crippen molar-refractivity contribution in [3.8, 4) is 0 Å². The molecule has 0 aliphatic carbocycles. The lowest BCUT2D eigenvalue weighted by Gasteiger charge is -2.48. The molecule has 3 aliphatic heterocycles. The predicted molar refractivity (Wildman–Crippen MR) is 346 cm³/mol. The number of allylic oxidation sites excluding steroid dienone is 13. The summed E-state index contributed by atoms with van der Waals surface area (Å²) in [7, 11) is 0. The van der Waals surface area contributed by atoms with E-state index in [2.05, 4.69) is 92.1 Å². The van der Waals surface area contributed by atoms with E-state index in [9.17, 15) is 61.0 Å². The van der Waals surface area contributed by atoms with Crippen LogP contribution in [0.1, 0.15) is 219 Å². The van der Waals surface area contributed by atoms with Gasteiger partial charge in [0.1, 0.15) is 73.2 Å². The van der Waals surface area contributed by atoms with E-state index in [1.54, 1.807) is 6.08 Å². The SMILES string of the molecule is CC/C=C\C/C=C\C/C=C\C/C=C\C/C=C\CCCCCCCCCCCCCCCCCCCCCC(=O)NC(COC1OC(CO)C(OC2OC(CO)C(OC3OC(CO)C(O)C(O)C3O)C(O)C2O)C(O)C1O)C(O)/C=C/CC/C=C/CCCCC. The van der Waals surface area contributed by atoms with Crippen LogP contribution in [0.15, 0.2) is 85.1 Å². The van der Waals surface area contributed by atoms with E-state index in [4.69, 9.17) is 28.4 Å². The van der Waals surface area contributed by atoms with Gasteiger partial charge in [-0.15, -0.1) is 0 Å². The van der Waals surface area contributed by atoms with Crippen molar-refractivity contribution in [2.75, 3.05) is 26.4 Å². The fourth-order valence-electron chi connectivity index (χ4n) is 11.1. The van der Waals surface area contributed by atoms with Crippen LogP contribution in [-0.2, 0) is 33.2 Å². The second-order valence-corrected chi connectivity index (χ2v) is 24.2. The van der Waals surface area contributed by atoms with Gasteiger partial charge in [-0.2, -0.15) is 0 Å². The molecule has 19 heteroatoms. The van der Waals surface area contributed by atoms with E-state index >= 15 is 0 Å². The maximum absolute atomic E-state index is 13.3. The molecular weight excluding hydrogens is 1140 g/mol. The number of aliphatic hydroxyl groups excluding tert-OH is 11. The molecule has 1 amide bonds. The lowest BCUT2D eigenvalue weighted by molar-refractivity contribution is -0.379. The standard InChI is InChI=1S/C70H121NO18/c1-3-5-7-9-11-13-14-15-16-17-18-19-20-21-22-23-24-25-26-27-28-29-30-31-32-33-34-35-36-37-38-40-42-44-46-48-58(76)71-53(54(75)47-45-43-41-39-12-10-8-6-4-2)52-84-68-64(82)61(79)66(56(50-73)86-68)89-70-65(83)62(80)67(57(51-74)87-70)88-69-63(81)60(78)59(77)55(49-72)85-69/h5,7,11-13,15-16,18-19,21-22,39,45,47,53-57,59-70,72-75,77-83H,3-4,6,8-10,14,17,20,23-38,40-44,46,48-52H2,1-2H3,(H,71,76)/b7-5-,13-11-,16-15-,19-18-,22-21-,39-12+,47-45+. The number of ether oxygens (including phenoxy) is 6. The van der Waals surface area contributed by atoms with E-state index in [1.165, 1.54) is 109 Å². The van der Waals surface area contributed by atoms with Crippen molar-refractivity contribution >= 4 is 5.91 Å². The summed E-state index contributed by atoms with van der Waals surface area (Å²) in [4.78, 5) is 13.3. The van der Waals surface area contributed by atoms with E-state index in [0.29, 0.717) is 12.8 Å². The minimum Gasteiger partial charge on any atom is -0.394 e. The Labute approximate surface area is 533 Å². The Kier molecular flexibility index (Phi) is 46.3. The number of aliphatic hydroxyl groups is 11. The summed E-state index contributed by atoms with van der Waals surface area (Å²) in [5.74, 6) is -0.289. The third-order valence-corrected chi connectivity index (χ3v) is 16.7. The number of carbonyl (C=O) groups is 1. The molecule has 0 aromatic heterocycles. The van der Waals surface area contributed by atoms with Gasteiger partial charge in [0.2, 0.25) is 5.91 Å². The van der Waals surface area contributed by atoms with Crippen molar-refractivity contribution < 1.29 is 89.4 Å². The van der Waals surface area contributed by atoms with Crippen LogP contribution < -0.4 is 5.32 Å². The Hall–Kier alpha value is -3.03. The molecular formula is C70H121NO18. The molecule has 3 heterocycles. The maximum Gasteiger partial charge on any atom is 0.220 e. The Morgan fingerprint density at radius 1 is 0.416 bits per heavy atom. The zero-order chi connectivity index (χ0) is 64.7. The molecule has 3 saturated heterocycles. The van der Waals surface area contributed by atoms with Crippen molar-refractivity contribution in [2.45, 2.75) is 324 Å². The highest BCUT2D eigenvalue weighted by atomic mass is 16.8. The topological polar surface area (TPSA) is 307 Å². The molecule has 0 spiro atoms. The van der Waals surface area contributed by atoms with Gasteiger partial charge in [0.05, 0.1) is 38.6 Å². The monoisotopic (exact) mass is 1260 g/mol. The number of amides is 1. The van der Waals surface area contributed by atoms with Crippen LogP contribution in [0.4, 0.5) is 0 Å². The summed E-state index contributed by atoms with van der Waals surface area (Å²) in [6, 6.07) is -0.990. The highest BCUT2D eigenvalue weighted by Gasteiger charge is 2.53.